The van der Waals surface area contributed by atoms with Crippen molar-refractivity contribution >= 4 is 37.1 Å². The van der Waals surface area contributed by atoms with Gasteiger partial charge in [-0.25, -0.2) is 0 Å². The zero-order chi connectivity index (χ0) is 18.1. The van der Waals surface area contributed by atoms with Gasteiger partial charge in [-0.1, -0.05) is 45.7 Å². The van der Waals surface area contributed by atoms with Gasteiger partial charge < -0.3 is 9.47 Å². The summed E-state index contributed by atoms with van der Waals surface area (Å²) in [6, 6.07) is 14.5. The van der Waals surface area contributed by atoms with Crippen LogP contribution < -0.4 is 14.8 Å². The van der Waals surface area contributed by atoms with Crippen molar-refractivity contribution < 1.29 is 9.47 Å². The number of rotatable bonds is 10. The molecular formula is C20H25Cl2O2P. The van der Waals surface area contributed by atoms with Crippen LogP contribution in [0.25, 0.3) is 11.1 Å². The van der Waals surface area contributed by atoms with Crippen molar-refractivity contribution in [2.45, 2.75) is 30.5 Å². The van der Waals surface area contributed by atoms with Gasteiger partial charge in [0.1, 0.15) is 16.3 Å². The first-order valence-electron chi connectivity index (χ1n) is 8.49. The first kappa shape index (κ1) is 20.4. The van der Waals surface area contributed by atoms with Gasteiger partial charge in [-0.15, -0.1) is 23.2 Å². The van der Waals surface area contributed by atoms with Crippen molar-refractivity contribution in [3.05, 3.63) is 42.5 Å². The zero-order valence-electron chi connectivity index (χ0n) is 14.7. The fourth-order valence-corrected chi connectivity index (χ4v) is 4.25. The van der Waals surface area contributed by atoms with Crippen molar-refractivity contribution in [3.8, 4) is 22.6 Å². The average molecular weight is 399 g/mol. The molecule has 0 radical (unpaired) electrons. The molecule has 1 unspecified atom stereocenters. The summed E-state index contributed by atoms with van der Waals surface area (Å²) in [5, 5.41) is 1.36. The number of ether oxygens (including phenoxy) is 2. The molecular weight excluding hydrogens is 374 g/mol. The molecule has 0 aromatic heterocycles. The zero-order valence-corrected chi connectivity index (χ0v) is 17.2. The second-order valence-electron chi connectivity index (χ2n) is 5.79. The second kappa shape index (κ2) is 10.9. The van der Waals surface area contributed by atoms with Gasteiger partial charge in [-0.2, -0.15) is 0 Å². The van der Waals surface area contributed by atoms with E-state index in [0.717, 1.165) is 44.0 Å². The van der Waals surface area contributed by atoms with Gasteiger partial charge in [-0.3, -0.25) is 0 Å². The topological polar surface area (TPSA) is 18.5 Å². The molecule has 0 spiro atoms. The third-order valence-corrected chi connectivity index (χ3v) is 5.77. The van der Waals surface area contributed by atoms with Gasteiger partial charge in [0.05, 0.1) is 19.8 Å². The van der Waals surface area contributed by atoms with E-state index in [2.05, 4.69) is 24.3 Å². The predicted molar refractivity (Wildman–Crippen MR) is 112 cm³/mol. The van der Waals surface area contributed by atoms with Crippen LogP contribution in [-0.2, 0) is 0 Å². The number of methoxy groups -OCH3 is 2. The molecule has 0 heterocycles. The van der Waals surface area contributed by atoms with E-state index in [9.17, 15) is 0 Å². The number of hydrogen-bond acceptors (Lipinski definition) is 2. The quantitative estimate of drug-likeness (QED) is 0.276. The predicted octanol–water partition coefficient (Wildman–Crippen LogP) is 6.04. The molecule has 0 N–H and O–H groups in total. The standard InChI is InChI=1S/C20H25Cl2O2P/c1-23-17-10-7-11-18(24-2)20(17)15-8-6-9-16(14-15)25-13-5-3-4-12-19(21)22/h6-11,14,19,25H,3-5,12-13H2,1-2H3. The Labute approximate surface area is 162 Å². The Morgan fingerprint density at radius 1 is 0.920 bits per heavy atom. The van der Waals surface area contributed by atoms with Crippen molar-refractivity contribution in [1.82, 2.24) is 0 Å². The molecule has 2 rings (SSSR count). The van der Waals surface area contributed by atoms with E-state index in [0.29, 0.717) is 0 Å². The van der Waals surface area contributed by atoms with Crippen molar-refractivity contribution in [2.75, 3.05) is 20.4 Å². The summed E-state index contributed by atoms with van der Waals surface area (Å²) in [4.78, 5) is -0.227. The van der Waals surface area contributed by atoms with E-state index in [1.54, 1.807) is 14.2 Å². The smallest absolute Gasteiger partial charge is 0.130 e. The fourth-order valence-electron chi connectivity index (χ4n) is 2.75. The molecule has 5 heteroatoms. The molecule has 0 aliphatic rings. The van der Waals surface area contributed by atoms with Crippen LogP contribution in [0.4, 0.5) is 0 Å². The average Bonchev–Trinajstić information content (AvgIpc) is 2.63. The van der Waals surface area contributed by atoms with Gasteiger partial charge in [0.15, 0.2) is 0 Å². The highest BCUT2D eigenvalue weighted by atomic mass is 35.5. The Kier molecular flexibility index (Phi) is 8.89. The summed E-state index contributed by atoms with van der Waals surface area (Å²) in [7, 11) is 4.18. The number of halogens is 2. The molecule has 0 bridgehead atoms. The van der Waals surface area contributed by atoms with E-state index in [1.165, 1.54) is 24.3 Å². The number of alkyl halides is 2. The lowest BCUT2D eigenvalue weighted by atomic mass is 10.0. The lowest BCUT2D eigenvalue weighted by Crippen LogP contribution is -1.98. The lowest BCUT2D eigenvalue weighted by Gasteiger charge is -2.14. The van der Waals surface area contributed by atoms with Gasteiger partial charge in [0.2, 0.25) is 0 Å². The van der Waals surface area contributed by atoms with E-state index >= 15 is 0 Å². The highest BCUT2D eigenvalue weighted by molar-refractivity contribution is 7.47. The van der Waals surface area contributed by atoms with Gasteiger partial charge in [-0.05, 0) is 48.1 Å². The van der Waals surface area contributed by atoms with Crippen molar-refractivity contribution in [1.29, 1.82) is 0 Å². The fraction of sp³-hybridized carbons (Fsp3) is 0.400. The SMILES string of the molecule is COc1cccc(OC)c1-c1cccc(PCCCCCC(Cl)Cl)c1. The Bertz CT molecular complexity index is 640. The van der Waals surface area contributed by atoms with Gasteiger partial charge in [0, 0.05) is 0 Å². The van der Waals surface area contributed by atoms with Crippen LogP contribution in [0.15, 0.2) is 42.5 Å². The molecule has 2 nitrogen and oxygen atoms in total. The lowest BCUT2D eigenvalue weighted by molar-refractivity contribution is 0.397. The summed E-state index contributed by atoms with van der Waals surface area (Å²) in [6.07, 6.45) is 5.57. The maximum absolute atomic E-state index is 5.76. The third-order valence-electron chi connectivity index (χ3n) is 4.01. The molecule has 0 fully saturated rings. The number of benzene rings is 2. The summed E-state index contributed by atoms with van der Waals surface area (Å²) >= 11 is 11.5. The third kappa shape index (κ3) is 6.37. The maximum atomic E-state index is 5.76. The molecule has 2 aromatic carbocycles. The molecule has 0 aliphatic heterocycles. The first-order chi connectivity index (χ1) is 12.2. The van der Waals surface area contributed by atoms with E-state index in [1.807, 2.05) is 18.2 Å². The molecule has 0 aliphatic carbocycles. The maximum Gasteiger partial charge on any atom is 0.130 e. The highest BCUT2D eigenvalue weighted by Crippen LogP contribution is 2.38. The highest BCUT2D eigenvalue weighted by Gasteiger charge is 2.12. The Morgan fingerprint density at radius 3 is 2.24 bits per heavy atom. The van der Waals surface area contributed by atoms with Gasteiger partial charge in [0.25, 0.3) is 0 Å². The summed E-state index contributed by atoms with van der Waals surface area (Å²) in [5.41, 5.74) is 2.14. The summed E-state index contributed by atoms with van der Waals surface area (Å²) in [6.45, 7) is 0. The Morgan fingerprint density at radius 2 is 1.60 bits per heavy atom. The number of unbranched alkanes of at least 4 members (excludes halogenated alkanes) is 2. The molecule has 25 heavy (non-hydrogen) atoms. The first-order valence-corrected chi connectivity index (χ1v) is 10.6. The monoisotopic (exact) mass is 398 g/mol. The second-order valence-corrected chi connectivity index (χ2v) is 8.49. The van der Waals surface area contributed by atoms with E-state index < -0.39 is 0 Å². The van der Waals surface area contributed by atoms with Gasteiger partial charge >= 0.3 is 0 Å². The normalized spacial score (nSPS) is 11.4. The molecule has 1 atom stereocenters. The van der Waals surface area contributed by atoms with Crippen molar-refractivity contribution in [3.63, 3.8) is 0 Å². The molecule has 0 saturated carbocycles. The summed E-state index contributed by atoms with van der Waals surface area (Å²) in [5.74, 6) is 1.66. The van der Waals surface area contributed by atoms with Crippen LogP contribution in [0, 0.1) is 0 Å². The number of hydrogen-bond donors (Lipinski definition) is 0. The van der Waals surface area contributed by atoms with Crippen molar-refractivity contribution in [2.24, 2.45) is 0 Å². The van der Waals surface area contributed by atoms with E-state index in [4.69, 9.17) is 32.7 Å². The van der Waals surface area contributed by atoms with Crippen LogP contribution >= 0.6 is 31.8 Å². The van der Waals surface area contributed by atoms with Crippen LogP contribution in [0.2, 0.25) is 0 Å². The molecule has 136 valence electrons. The summed E-state index contributed by atoms with van der Waals surface area (Å²) < 4.78 is 11.1. The van der Waals surface area contributed by atoms with Crippen LogP contribution in [0.5, 0.6) is 11.5 Å². The Hall–Kier alpha value is -0.950. The largest absolute Gasteiger partial charge is 0.496 e. The Balaban J connectivity index is 2.02. The van der Waals surface area contributed by atoms with Crippen LogP contribution in [0.1, 0.15) is 25.7 Å². The van der Waals surface area contributed by atoms with E-state index in [-0.39, 0.29) is 4.84 Å². The molecule has 0 saturated heterocycles. The molecule has 0 amide bonds. The van der Waals surface area contributed by atoms with Crippen LogP contribution in [0.3, 0.4) is 0 Å². The molecule has 2 aromatic rings. The minimum Gasteiger partial charge on any atom is -0.496 e. The van der Waals surface area contributed by atoms with Crippen LogP contribution in [-0.4, -0.2) is 25.2 Å². The minimum absolute atomic E-state index is 0.227. The minimum atomic E-state index is -0.227.